The van der Waals surface area contributed by atoms with Crippen LogP contribution < -0.4 is 0 Å². The van der Waals surface area contributed by atoms with Gasteiger partial charge in [-0.25, -0.2) is 15.0 Å². The standard InChI is InChI=1S/C60H41N5/c1-60(2)51-27-15-12-24-45(51)48-36-50-47-26-14-17-29-54(47)65(56(50)37-52(48)60)44-33-41(40-30-31-55-49(35-40)46-25-13-16-28-53(46)64(55)43-22-10-5-11-23-43)32-42(34-44)59-62-57(38-18-6-3-7-19-38)61-58(63-59)39-20-8-4-9-21-39/h3-37H,1-2H3. The molecule has 5 nitrogen and oxygen atoms in total. The molecule has 3 aromatic heterocycles. The number of aromatic nitrogens is 5. The van der Waals surface area contributed by atoms with Crippen molar-refractivity contribution in [2.24, 2.45) is 0 Å². The second kappa shape index (κ2) is 14.3. The zero-order valence-electron chi connectivity index (χ0n) is 35.9. The molecule has 0 spiro atoms. The van der Waals surface area contributed by atoms with Crippen molar-refractivity contribution < 1.29 is 0 Å². The summed E-state index contributed by atoms with van der Waals surface area (Å²) >= 11 is 0. The highest BCUT2D eigenvalue weighted by molar-refractivity contribution is 6.13. The first kappa shape index (κ1) is 37.2. The lowest BCUT2D eigenvalue weighted by Gasteiger charge is -2.22. The van der Waals surface area contributed by atoms with E-state index in [2.05, 4.69) is 199 Å². The van der Waals surface area contributed by atoms with Crippen molar-refractivity contribution in [3.05, 3.63) is 223 Å². The quantitative estimate of drug-likeness (QED) is 0.168. The number of hydrogen-bond acceptors (Lipinski definition) is 3. The summed E-state index contributed by atoms with van der Waals surface area (Å²) < 4.78 is 4.82. The molecule has 13 rings (SSSR count). The van der Waals surface area contributed by atoms with E-state index in [9.17, 15) is 0 Å². The number of fused-ring (bicyclic) bond motifs is 9. The van der Waals surface area contributed by atoms with E-state index >= 15 is 0 Å². The second-order valence-corrected chi connectivity index (χ2v) is 17.7. The number of hydrogen-bond donors (Lipinski definition) is 0. The Hall–Kier alpha value is -8.41. The highest BCUT2D eigenvalue weighted by atomic mass is 15.0. The highest BCUT2D eigenvalue weighted by Gasteiger charge is 2.36. The van der Waals surface area contributed by atoms with Gasteiger partial charge in [-0.2, -0.15) is 0 Å². The third-order valence-corrected chi connectivity index (χ3v) is 13.5. The molecular weight excluding hydrogens is 791 g/mol. The van der Waals surface area contributed by atoms with Crippen molar-refractivity contribution in [2.75, 3.05) is 0 Å². The monoisotopic (exact) mass is 831 g/mol. The molecule has 0 saturated heterocycles. The molecule has 0 N–H and O–H groups in total. The Labute approximate surface area is 376 Å². The van der Waals surface area contributed by atoms with Crippen LogP contribution in [0, 0.1) is 0 Å². The SMILES string of the molecule is CC1(C)c2ccccc2-c2cc3c4ccccc4n(-c4cc(-c5ccc6c(c5)c5ccccc5n6-c5ccccc5)cc(-c5nc(-c6ccccc6)nc(-c6ccccc6)n5)c4)c3cc21. The maximum atomic E-state index is 5.26. The fourth-order valence-electron chi connectivity index (χ4n) is 10.4. The molecule has 5 heteroatoms. The van der Waals surface area contributed by atoms with Gasteiger partial charge in [0.05, 0.1) is 22.1 Å². The molecule has 12 aromatic rings. The average molecular weight is 832 g/mol. The van der Waals surface area contributed by atoms with Gasteiger partial charge >= 0.3 is 0 Å². The smallest absolute Gasteiger partial charge is 0.164 e. The van der Waals surface area contributed by atoms with E-state index in [0.717, 1.165) is 50.2 Å². The molecule has 0 radical (unpaired) electrons. The van der Waals surface area contributed by atoms with Crippen LogP contribution in [0.5, 0.6) is 0 Å². The third-order valence-electron chi connectivity index (χ3n) is 13.5. The topological polar surface area (TPSA) is 48.5 Å². The lowest BCUT2D eigenvalue weighted by molar-refractivity contribution is 0.661. The minimum Gasteiger partial charge on any atom is -0.309 e. The molecule has 1 aliphatic rings. The van der Waals surface area contributed by atoms with Gasteiger partial charge in [-0.05, 0) is 100 Å². The van der Waals surface area contributed by atoms with Crippen LogP contribution in [0.15, 0.2) is 212 Å². The lowest BCUT2D eigenvalue weighted by Crippen LogP contribution is -2.15. The molecular formula is C60H41N5. The molecule has 0 fully saturated rings. The summed E-state index contributed by atoms with van der Waals surface area (Å²) in [6, 6.07) is 76.1. The van der Waals surface area contributed by atoms with Crippen LogP contribution in [0.25, 0.3) is 111 Å². The molecule has 9 aromatic carbocycles. The molecule has 0 bridgehead atoms. The van der Waals surface area contributed by atoms with Gasteiger partial charge in [-0.3, -0.25) is 0 Å². The molecule has 0 amide bonds. The van der Waals surface area contributed by atoms with Crippen LogP contribution in [0.3, 0.4) is 0 Å². The summed E-state index contributed by atoms with van der Waals surface area (Å²) in [6.45, 7) is 4.71. The summed E-state index contributed by atoms with van der Waals surface area (Å²) in [5, 5.41) is 4.85. The van der Waals surface area contributed by atoms with Crippen LogP contribution in [-0.4, -0.2) is 24.1 Å². The summed E-state index contributed by atoms with van der Waals surface area (Å²) in [5.41, 5.74) is 16.9. The van der Waals surface area contributed by atoms with Gasteiger partial charge in [0.1, 0.15) is 0 Å². The van der Waals surface area contributed by atoms with Crippen LogP contribution in [0.4, 0.5) is 0 Å². The lowest BCUT2D eigenvalue weighted by atomic mass is 9.82. The summed E-state index contributed by atoms with van der Waals surface area (Å²) in [4.78, 5) is 15.6. The zero-order chi connectivity index (χ0) is 43.2. The molecule has 3 heterocycles. The first-order valence-electron chi connectivity index (χ1n) is 22.3. The predicted octanol–water partition coefficient (Wildman–Crippen LogP) is 15.0. The summed E-state index contributed by atoms with van der Waals surface area (Å²) in [7, 11) is 0. The minimum atomic E-state index is -0.157. The van der Waals surface area contributed by atoms with E-state index < -0.39 is 0 Å². The molecule has 0 saturated carbocycles. The number of nitrogens with zero attached hydrogens (tertiary/aromatic N) is 5. The Morgan fingerprint density at radius 2 is 0.815 bits per heavy atom. The van der Waals surface area contributed by atoms with Gasteiger partial charge in [0.2, 0.25) is 0 Å². The molecule has 65 heavy (non-hydrogen) atoms. The van der Waals surface area contributed by atoms with E-state index in [1.807, 2.05) is 36.4 Å². The first-order chi connectivity index (χ1) is 32.0. The first-order valence-corrected chi connectivity index (χ1v) is 22.3. The van der Waals surface area contributed by atoms with Gasteiger partial charge in [0.25, 0.3) is 0 Å². The highest BCUT2D eigenvalue weighted by Crippen LogP contribution is 2.51. The van der Waals surface area contributed by atoms with Gasteiger partial charge in [-0.15, -0.1) is 0 Å². The Bertz CT molecular complexity index is 3790. The molecule has 0 unspecified atom stereocenters. The van der Waals surface area contributed by atoms with Crippen molar-refractivity contribution in [1.82, 2.24) is 24.1 Å². The Morgan fingerprint density at radius 3 is 1.48 bits per heavy atom. The molecule has 0 atom stereocenters. The predicted molar refractivity (Wildman–Crippen MR) is 268 cm³/mol. The van der Waals surface area contributed by atoms with Crippen molar-refractivity contribution >= 4 is 43.6 Å². The normalized spacial score (nSPS) is 12.9. The maximum absolute atomic E-state index is 5.26. The zero-order valence-corrected chi connectivity index (χ0v) is 35.9. The molecule has 306 valence electrons. The largest absolute Gasteiger partial charge is 0.309 e. The van der Waals surface area contributed by atoms with Gasteiger partial charge in [-0.1, -0.05) is 159 Å². The van der Waals surface area contributed by atoms with Gasteiger partial charge in [0, 0.05) is 55.0 Å². The van der Waals surface area contributed by atoms with Crippen molar-refractivity contribution in [3.63, 3.8) is 0 Å². The Morgan fingerprint density at radius 1 is 0.308 bits per heavy atom. The van der Waals surface area contributed by atoms with E-state index in [-0.39, 0.29) is 5.41 Å². The van der Waals surface area contributed by atoms with Gasteiger partial charge in [0.15, 0.2) is 17.5 Å². The van der Waals surface area contributed by atoms with Crippen LogP contribution in [0.2, 0.25) is 0 Å². The molecule has 0 aliphatic heterocycles. The number of rotatable bonds is 6. The van der Waals surface area contributed by atoms with Crippen molar-refractivity contribution in [2.45, 2.75) is 19.3 Å². The molecule has 1 aliphatic carbocycles. The Balaban J connectivity index is 1.10. The van der Waals surface area contributed by atoms with Crippen molar-refractivity contribution in [1.29, 1.82) is 0 Å². The van der Waals surface area contributed by atoms with Crippen LogP contribution in [0.1, 0.15) is 25.0 Å². The van der Waals surface area contributed by atoms with Crippen LogP contribution >= 0.6 is 0 Å². The Kier molecular flexibility index (Phi) is 8.18. The number of para-hydroxylation sites is 3. The van der Waals surface area contributed by atoms with E-state index in [4.69, 9.17) is 15.0 Å². The van der Waals surface area contributed by atoms with E-state index in [0.29, 0.717) is 17.5 Å². The van der Waals surface area contributed by atoms with E-state index in [1.165, 1.54) is 54.8 Å². The fraction of sp³-hybridized carbons (Fsp3) is 0.0500. The summed E-state index contributed by atoms with van der Waals surface area (Å²) in [5.74, 6) is 1.87. The van der Waals surface area contributed by atoms with E-state index in [1.54, 1.807) is 0 Å². The third kappa shape index (κ3) is 5.82. The number of benzene rings is 9. The van der Waals surface area contributed by atoms with Crippen molar-refractivity contribution in [3.8, 4) is 67.8 Å². The average Bonchev–Trinajstić information content (AvgIpc) is 3.96. The minimum absolute atomic E-state index is 0.157. The second-order valence-electron chi connectivity index (χ2n) is 17.7. The maximum Gasteiger partial charge on any atom is 0.164 e. The fourth-order valence-corrected chi connectivity index (χ4v) is 10.4. The van der Waals surface area contributed by atoms with Crippen LogP contribution in [-0.2, 0) is 5.41 Å². The summed E-state index contributed by atoms with van der Waals surface area (Å²) in [6.07, 6.45) is 0. The van der Waals surface area contributed by atoms with Gasteiger partial charge < -0.3 is 9.13 Å².